The van der Waals surface area contributed by atoms with Crippen molar-refractivity contribution in [1.82, 2.24) is 24.5 Å². The van der Waals surface area contributed by atoms with Crippen molar-refractivity contribution in [2.75, 3.05) is 20.2 Å². The van der Waals surface area contributed by atoms with E-state index in [1.165, 1.54) is 5.56 Å². The number of hydrogen-bond acceptors (Lipinski definition) is 5. The van der Waals surface area contributed by atoms with E-state index in [1.54, 1.807) is 7.11 Å². The number of fused-ring (bicyclic) bond motifs is 1. The van der Waals surface area contributed by atoms with Crippen molar-refractivity contribution in [3.8, 4) is 16.9 Å². The van der Waals surface area contributed by atoms with Gasteiger partial charge in [0.15, 0.2) is 11.5 Å². The molecular weight excluding hydrogens is 374 g/mol. The highest BCUT2D eigenvalue weighted by atomic mass is 16.5. The summed E-state index contributed by atoms with van der Waals surface area (Å²) < 4.78 is 7.26. The van der Waals surface area contributed by atoms with Gasteiger partial charge in [0.05, 0.1) is 7.11 Å². The lowest BCUT2D eigenvalue weighted by atomic mass is 9.97. The van der Waals surface area contributed by atoms with Gasteiger partial charge in [-0.3, -0.25) is 9.88 Å². The van der Waals surface area contributed by atoms with Gasteiger partial charge >= 0.3 is 0 Å². The van der Waals surface area contributed by atoms with Crippen LogP contribution >= 0.6 is 0 Å². The number of piperidine rings is 1. The van der Waals surface area contributed by atoms with Gasteiger partial charge in [0.25, 0.3) is 0 Å². The second kappa shape index (κ2) is 8.24. The van der Waals surface area contributed by atoms with Crippen LogP contribution in [0.5, 0.6) is 5.75 Å². The van der Waals surface area contributed by atoms with Gasteiger partial charge < -0.3 is 4.74 Å². The van der Waals surface area contributed by atoms with E-state index in [9.17, 15) is 0 Å². The molecule has 1 aliphatic heterocycles. The zero-order chi connectivity index (χ0) is 20.3. The summed E-state index contributed by atoms with van der Waals surface area (Å²) in [5, 5.41) is 4.84. The Kier molecular flexibility index (Phi) is 5.15. The summed E-state index contributed by atoms with van der Waals surface area (Å²) in [7, 11) is 1.69. The summed E-state index contributed by atoms with van der Waals surface area (Å²) in [6, 6.07) is 16.4. The van der Waals surface area contributed by atoms with Gasteiger partial charge in [-0.25, -0.2) is 9.50 Å². The molecule has 4 aromatic rings. The monoisotopic (exact) mass is 399 g/mol. The molecule has 152 valence electrons. The first-order valence-corrected chi connectivity index (χ1v) is 10.4. The Bertz CT molecular complexity index is 1140. The summed E-state index contributed by atoms with van der Waals surface area (Å²) in [4.78, 5) is 11.6. The highest BCUT2D eigenvalue weighted by molar-refractivity contribution is 5.65. The van der Waals surface area contributed by atoms with Crippen molar-refractivity contribution in [2.45, 2.75) is 25.3 Å². The molecule has 0 unspecified atom stereocenters. The number of benzene rings is 1. The minimum absolute atomic E-state index is 0.357. The fourth-order valence-corrected chi connectivity index (χ4v) is 4.21. The molecule has 6 heteroatoms. The molecule has 0 bridgehead atoms. The fraction of sp³-hybridized carbons (Fsp3) is 0.292. The number of ether oxygens (including phenoxy) is 1. The van der Waals surface area contributed by atoms with Gasteiger partial charge in [0.1, 0.15) is 5.75 Å². The number of methoxy groups -OCH3 is 1. The minimum Gasteiger partial charge on any atom is -0.497 e. The van der Waals surface area contributed by atoms with Crippen LogP contribution in [-0.4, -0.2) is 44.7 Å². The topological polar surface area (TPSA) is 55.5 Å². The lowest BCUT2D eigenvalue weighted by Crippen LogP contribution is -2.34. The standard InChI is InChI=1S/C24H25N5O/c1-30-22-8-2-6-19(13-22)20-9-10-23-26-24(27-29(23)17-20)21-7-4-12-28(16-21)15-18-5-3-11-25-14-18/h2-3,5-6,8-11,13-14,17,21H,4,7,12,15-16H2,1H3/t21-/m1/s1. The maximum atomic E-state index is 5.36. The van der Waals surface area contributed by atoms with Crippen LogP contribution < -0.4 is 4.74 Å². The lowest BCUT2D eigenvalue weighted by molar-refractivity contribution is 0.196. The highest BCUT2D eigenvalue weighted by Crippen LogP contribution is 2.28. The van der Waals surface area contributed by atoms with E-state index in [2.05, 4.69) is 34.3 Å². The summed E-state index contributed by atoms with van der Waals surface area (Å²) in [6.07, 6.45) is 8.12. The molecule has 0 amide bonds. The fourth-order valence-electron chi connectivity index (χ4n) is 4.21. The zero-order valence-electron chi connectivity index (χ0n) is 17.1. The molecule has 0 aliphatic carbocycles. The van der Waals surface area contributed by atoms with E-state index in [4.69, 9.17) is 14.8 Å². The quantitative estimate of drug-likeness (QED) is 0.504. The predicted octanol–water partition coefficient (Wildman–Crippen LogP) is 4.18. The van der Waals surface area contributed by atoms with Gasteiger partial charge in [-0.15, -0.1) is 0 Å². The average Bonchev–Trinajstić information content (AvgIpc) is 3.23. The first kappa shape index (κ1) is 18.8. The third kappa shape index (κ3) is 3.91. The number of pyridine rings is 2. The number of likely N-dealkylation sites (tertiary alicyclic amines) is 1. The second-order valence-corrected chi connectivity index (χ2v) is 7.86. The molecule has 1 fully saturated rings. The van der Waals surface area contributed by atoms with E-state index >= 15 is 0 Å². The van der Waals surface area contributed by atoms with Gasteiger partial charge in [0.2, 0.25) is 0 Å². The zero-order valence-corrected chi connectivity index (χ0v) is 17.1. The Balaban J connectivity index is 1.36. The number of hydrogen-bond donors (Lipinski definition) is 0. The lowest BCUT2D eigenvalue weighted by Gasteiger charge is -2.31. The van der Waals surface area contributed by atoms with Crippen molar-refractivity contribution in [3.05, 3.63) is 78.5 Å². The Morgan fingerprint density at radius 2 is 2.07 bits per heavy atom. The van der Waals surface area contributed by atoms with E-state index in [0.29, 0.717) is 5.92 Å². The predicted molar refractivity (Wildman–Crippen MR) is 116 cm³/mol. The Morgan fingerprint density at radius 1 is 1.10 bits per heavy atom. The van der Waals surface area contributed by atoms with Crippen LogP contribution in [0.4, 0.5) is 0 Å². The molecule has 1 atom stereocenters. The molecule has 4 heterocycles. The summed E-state index contributed by atoms with van der Waals surface area (Å²) in [6.45, 7) is 3.02. The molecule has 0 spiro atoms. The minimum atomic E-state index is 0.357. The Hall–Kier alpha value is -3.25. The van der Waals surface area contributed by atoms with Gasteiger partial charge in [-0.2, -0.15) is 5.10 Å². The van der Waals surface area contributed by atoms with Crippen LogP contribution in [0.25, 0.3) is 16.8 Å². The van der Waals surface area contributed by atoms with Crippen LogP contribution in [0.3, 0.4) is 0 Å². The SMILES string of the molecule is COc1cccc(-c2ccc3nc([C@@H]4CCCN(Cc5cccnc5)C4)nn3c2)c1. The van der Waals surface area contributed by atoms with Crippen LogP contribution in [0.15, 0.2) is 67.1 Å². The van der Waals surface area contributed by atoms with E-state index in [-0.39, 0.29) is 0 Å². The molecule has 0 N–H and O–H groups in total. The summed E-state index contributed by atoms with van der Waals surface area (Å²) in [5.41, 5.74) is 4.35. The molecular formula is C24H25N5O. The molecule has 1 saturated heterocycles. The highest BCUT2D eigenvalue weighted by Gasteiger charge is 2.25. The molecule has 0 saturated carbocycles. The van der Waals surface area contributed by atoms with E-state index in [1.807, 2.05) is 47.2 Å². The van der Waals surface area contributed by atoms with Crippen molar-refractivity contribution >= 4 is 5.65 Å². The van der Waals surface area contributed by atoms with Crippen LogP contribution in [0.1, 0.15) is 30.1 Å². The molecule has 30 heavy (non-hydrogen) atoms. The van der Waals surface area contributed by atoms with E-state index in [0.717, 1.165) is 60.8 Å². The maximum Gasteiger partial charge on any atom is 0.156 e. The number of aromatic nitrogens is 4. The summed E-state index contributed by atoms with van der Waals surface area (Å²) in [5.74, 6) is 2.15. The normalized spacial score (nSPS) is 17.3. The Morgan fingerprint density at radius 3 is 2.93 bits per heavy atom. The van der Waals surface area contributed by atoms with Crippen molar-refractivity contribution < 1.29 is 4.74 Å². The van der Waals surface area contributed by atoms with Gasteiger partial charge in [-0.1, -0.05) is 18.2 Å². The first-order chi connectivity index (χ1) is 14.8. The Labute approximate surface area is 176 Å². The van der Waals surface area contributed by atoms with Crippen LogP contribution in [0, 0.1) is 0 Å². The van der Waals surface area contributed by atoms with E-state index < -0.39 is 0 Å². The van der Waals surface area contributed by atoms with Gasteiger partial charge in [-0.05, 0) is 60.8 Å². The second-order valence-electron chi connectivity index (χ2n) is 7.86. The van der Waals surface area contributed by atoms with Crippen molar-refractivity contribution in [3.63, 3.8) is 0 Å². The average molecular weight is 399 g/mol. The summed E-state index contributed by atoms with van der Waals surface area (Å²) >= 11 is 0. The molecule has 5 rings (SSSR count). The third-order valence-corrected chi connectivity index (χ3v) is 5.75. The van der Waals surface area contributed by atoms with Crippen molar-refractivity contribution in [1.29, 1.82) is 0 Å². The largest absolute Gasteiger partial charge is 0.497 e. The molecule has 1 aliphatic rings. The molecule has 1 aromatic carbocycles. The van der Waals surface area contributed by atoms with Gasteiger partial charge in [0, 0.05) is 43.2 Å². The number of nitrogens with zero attached hydrogens (tertiary/aromatic N) is 5. The number of rotatable bonds is 5. The van der Waals surface area contributed by atoms with Crippen LogP contribution in [-0.2, 0) is 6.54 Å². The van der Waals surface area contributed by atoms with Crippen molar-refractivity contribution in [2.24, 2.45) is 0 Å². The maximum absolute atomic E-state index is 5.36. The van der Waals surface area contributed by atoms with Crippen LogP contribution in [0.2, 0.25) is 0 Å². The first-order valence-electron chi connectivity index (χ1n) is 10.4. The molecule has 3 aromatic heterocycles. The molecule has 6 nitrogen and oxygen atoms in total. The molecule has 0 radical (unpaired) electrons. The third-order valence-electron chi connectivity index (χ3n) is 5.75. The smallest absolute Gasteiger partial charge is 0.156 e.